The van der Waals surface area contributed by atoms with Crippen LogP contribution in [0, 0.1) is 6.92 Å². The second kappa shape index (κ2) is 5.58. The fourth-order valence-corrected chi connectivity index (χ4v) is 3.12. The van der Waals surface area contributed by atoms with Crippen molar-refractivity contribution >= 4 is 6.08 Å². The van der Waals surface area contributed by atoms with E-state index in [0.717, 1.165) is 51.2 Å². The minimum atomic E-state index is -0.0819. The highest BCUT2D eigenvalue weighted by Crippen LogP contribution is 2.37. The Hall–Kier alpha value is -1.32. The Morgan fingerprint density at radius 2 is 2.10 bits per heavy atom. The first kappa shape index (κ1) is 13.7. The molecular weight excluding hydrogens is 248 g/mol. The van der Waals surface area contributed by atoms with Crippen LogP contribution in [0.2, 0.25) is 0 Å². The maximum atomic E-state index is 6.33. The molecule has 0 bridgehead atoms. The van der Waals surface area contributed by atoms with E-state index >= 15 is 0 Å². The number of hydrogen-bond donors (Lipinski definition) is 1. The molecule has 1 saturated heterocycles. The molecule has 0 aromatic heterocycles. The molecule has 0 radical (unpaired) electrons. The van der Waals surface area contributed by atoms with E-state index < -0.39 is 0 Å². The number of nitrogens with two attached hydrogens (primary N) is 1. The van der Waals surface area contributed by atoms with Crippen molar-refractivity contribution in [1.82, 2.24) is 4.90 Å². The van der Waals surface area contributed by atoms with Crippen LogP contribution in [0.25, 0.3) is 6.08 Å². The highest BCUT2D eigenvalue weighted by atomic mass is 16.5. The van der Waals surface area contributed by atoms with Gasteiger partial charge in [0.1, 0.15) is 11.4 Å². The zero-order valence-corrected chi connectivity index (χ0v) is 12.3. The third kappa shape index (κ3) is 2.74. The minimum Gasteiger partial charge on any atom is -0.482 e. The van der Waals surface area contributed by atoms with Gasteiger partial charge in [0.25, 0.3) is 0 Å². The Morgan fingerprint density at radius 1 is 1.30 bits per heavy atom. The number of ether oxygens (including phenoxy) is 1. The molecule has 2 heterocycles. The standard InChI is InChI=1S/C17H24N2O/c1-14-3-4-16-15(13-14)5-6-17(20-16)7-11-19(12-8-17)10-2-9-18/h3-6,13H,2,7-12,18H2,1H3. The minimum absolute atomic E-state index is 0.0819. The van der Waals surface area contributed by atoms with E-state index in [2.05, 4.69) is 42.2 Å². The molecule has 2 aliphatic rings. The van der Waals surface area contributed by atoms with Gasteiger partial charge >= 0.3 is 0 Å². The van der Waals surface area contributed by atoms with Crippen molar-refractivity contribution in [3.63, 3.8) is 0 Å². The smallest absolute Gasteiger partial charge is 0.130 e. The number of piperidine rings is 1. The number of likely N-dealkylation sites (tertiary alicyclic amines) is 1. The molecule has 108 valence electrons. The van der Waals surface area contributed by atoms with Crippen LogP contribution in [0.1, 0.15) is 30.4 Å². The SMILES string of the molecule is Cc1ccc2c(c1)C=CC1(CCN(CCCN)CC1)O2. The third-order valence-electron chi connectivity index (χ3n) is 4.43. The van der Waals surface area contributed by atoms with Gasteiger partial charge in [-0.2, -0.15) is 0 Å². The van der Waals surface area contributed by atoms with Gasteiger partial charge in [-0.3, -0.25) is 0 Å². The summed E-state index contributed by atoms with van der Waals surface area (Å²) in [6.07, 6.45) is 7.74. The van der Waals surface area contributed by atoms with Crippen LogP contribution in [0.15, 0.2) is 24.3 Å². The largest absolute Gasteiger partial charge is 0.482 e. The van der Waals surface area contributed by atoms with E-state index in [0.29, 0.717) is 0 Å². The summed E-state index contributed by atoms with van der Waals surface area (Å²) in [6.45, 7) is 6.22. The van der Waals surface area contributed by atoms with E-state index in [1.165, 1.54) is 11.1 Å². The topological polar surface area (TPSA) is 38.5 Å². The van der Waals surface area contributed by atoms with Gasteiger partial charge in [0, 0.05) is 31.5 Å². The zero-order valence-electron chi connectivity index (χ0n) is 12.3. The molecule has 1 aromatic rings. The van der Waals surface area contributed by atoms with Crippen LogP contribution in [-0.4, -0.2) is 36.7 Å². The van der Waals surface area contributed by atoms with Crippen LogP contribution >= 0.6 is 0 Å². The average Bonchev–Trinajstić information content (AvgIpc) is 2.47. The highest BCUT2D eigenvalue weighted by Gasteiger charge is 2.36. The first-order chi connectivity index (χ1) is 9.71. The number of rotatable bonds is 3. The summed E-state index contributed by atoms with van der Waals surface area (Å²) >= 11 is 0. The first-order valence-corrected chi connectivity index (χ1v) is 7.62. The fourth-order valence-electron chi connectivity index (χ4n) is 3.12. The molecule has 0 atom stereocenters. The molecule has 0 saturated carbocycles. The molecule has 1 fully saturated rings. The molecule has 2 N–H and O–H groups in total. The van der Waals surface area contributed by atoms with Gasteiger partial charge in [-0.25, -0.2) is 0 Å². The first-order valence-electron chi connectivity index (χ1n) is 7.62. The van der Waals surface area contributed by atoms with E-state index in [1.54, 1.807) is 0 Å². The lowest BCUT2D eigenvalue weighted by molar-refractivity contribution is 0.0386. The molecular formula is C17H24N2O. The molecule has 3 nitrogen and oxygen atoms in total. The third-order valence-corrected chi connectivity index (χ3v) is 4.43. The van der Waals surface area contributed by atoms with Crippen molar-refractivity contribution in [3.05, 3.63) is 35.4 Å². The second-order valence-corrected chi connectivity index (χ2v) is 6.03. The van der Waals surface area contributed by atoms with Crippen LogP contribution < -0.4 is 10.5 Å². The molecule has 0 amide bonds. The lowest BCUT2D eigenvalue weighted by Crippen LogP contribution is -2.47. The Labute approximate surface area is 121 Å². The summed E-state index contributed by atoms with van der Waals surface area (Å²) in [4.78, 5) is 2.50. The van der Waals surface area contributed by atoms with Gasteiger partial charge < -0.3 is 15.4 Å². The van der Waals surface area contributed by atoms with Crippen LogP contribution in [0.3, 0.4) is 0 Å². The quantitative estimate of drug-likeness (QED) is 0.919. The summed E-state index contributed by atoms with van der Waals surface area (Å²) in [5, 5.41) is 0. The Kier molecular flexibility index (Phi) is 3.81. The Bertz CT molecular complexity index is 502. The number of aryl methyl sites for hydroxylation is 1. The summed E-state index contributed by atoms with van der Waals surface area (Å²) in [5.41, 5.74) is 7.99. The van der Waals surface area contributed by atoms with E-state index in [-0.39, 0.29) is 5.60 Å². The van der Waals surface area contributed by atoms with Gasteiger partial charge in [0.2, 0.25) is 0 Å². The van der Waals surface area contributed by atoms with Crippen molar-refractivity contribution in [1.29, 1.82) is 0 Å². The molecule has 0 aliphatic carbocycles. The van der Waals surface area contributed by atoms with Crippen molar-refractivity contribution in [2.75, 3.05) is 26.2 Å². The van der Waals surface area contributed by atoms with Crippen molar-refractivity contribution in [3.8, 4) is 5.75 Å². The number of nitrogens with zero attached hydrogens (tertiary/aromatic N) is 1. The fraction of sp³-hybridized carbons (Fsp3) is 0.529. The molecule has 20 heavy (non-hydrogen) atoms. The summed E-state index contributed by atoms with van der Waals surface area (Å²) in [5.74, 6) is 1.04. The van der Waals surface area contributed by atoms with E-state index in [1.807, 2.05) is 0 Å². The zero-order chi connectivity index (χ0) is 14.0. The molecule has 3 heteroatoms. The summed E-state index contributed by atoms with van der Waals surface area (Å²) < 4.78 is 6.33. The van der Waals surface area contributed by atoms with Crippen LogP contribution in [0.4, 0.5) is 0 Å². The maximum absolute atomic E-state index is 6.33. The van der Waals surface area contributed by atoms with Crippen LogP contribution in [-0.2, 0) is 0 Å². The number of fused-ring (bicyclic) bond motifs is 1. The van der Waals surface area contributed by atoms with Crippen molar-refractivity contribution in [2.45, 2.75) is 31.8 Å². The lowest BCUT2D eigenvalue weighted by Gasteiger charge is -2.42. The molecule has 3 rings (SSSR count). The second-order valence-electron chi connectivity index (χ2n) is 6.03. The molecule has 1 aromatic carbocycles. The Balaban J connectivity index is 1.67. The van der Waals surface area contributed by atoms with Gasteiger partial charge in [-0.1, -0.05) is 17.7 Å². The predicted molar refractivity (Wildman–Crippen MR) is 82.9 cm³/mol. The molecule has 2 aliphatic heterocycles. The molecule has 0 unspecified atom stereocenters. The van der Waals surface area contributed by atoms with Crippen molar-refractivity contribution < 1.29 is 4.74 Å². The average molecular weight is 272 g/mol. The van der Waals surface area contributed by atoms with Gasteiger partial charge in [-0.05, 0) is 44.6 Å². The van der Waals surface area contributed by atoms with Gasteiger partial charge in [0.15, 0.2) is 0 Å². The normalized spacial score (nSPS) is 20.7. The predicted octanol–water partition coefficient (Wildman–Crippen LogP) is 2.58. The van der Waals surface area contributed by atoms with Crippen molar-refractivity contribution in [2.24, 2.45) is 5.73 Å². The number of benzene rings is 1. The summed E-state index contributed by atoms with van der Waals surface area (Å²) in [6, 6.07) is 6.42. The Morgan fingerprint density at radius 3 is 2.85 bits per heavy atom. The summed E-state index contributed by atoms with van der Waals surface area (Å²) in [7, 11) is 0. The van der Waals surface area contributed by atoms with E-state index in [9.17, 15) is 0 Å². The van der Waals surface area contributed by atoms with Gasteiger partial charge in [0.05, 0.1) is 0 Å². The highest BCUT2D eigenvalue weighted by molar-refractivity contribution is 5.62. The maximum Gasteiger partial charge on any atom is 0.130 e. The van der Waals surface area contributed by atoms with E-state index in [4.69, 9.17) is 10.5 Å². The lowest BCUT2D eigenvalue weighted by atomic mass is 9.88. The number of hydrogen-bond acceptors (Lipinski definition) is 3. The van der Waals surface area contributed by atoms with Crippen LogP contribution in [0.5, 0.6) is 5.75 Å². The monoisotopic (exact) mass is 272 g/mol. The van der Waals surface area contributed by atoms with Gasteiger partial charge in [-0.15, -0.1) is 0 Å². The molecule has 1 spiro atoms.